The lowest BCUT2D eigenvalue weighted by Crippen LogP contribution is -2.26. The summed E-state index contributed by atoms with van der Waals surface area (Å²) in [5.74, 6) is 5.35. The average molecular weight is 291 g/mol. The van der Waals surface area contributed by atoms with Crippen LogP contribution in [0.3, 0.4) is 0 Å². The number of amides is 1. The van der Waals surface area contributed by atoms with Crippen molar-refractivity contribution < 1.29 is 9.72 Å². The molecule has 10 heteroatoms. The van der Waals surface area contributed by atoms with Crippen molar-refractivity contribution in [3.8, 4) is 0 Å². The summed E-state index contributed by atoms with van der Waals surface area (Å²) in [6.45, 7) is 0.141. The molecule has 10 nitrogen and oxygen atoms in total. The number of benzene rings is 1. The largest absolute Gasteiger partial charge is 0.345 e. The number of hydrazine groups is 1. The Kier molecular flexibility index (Phi) is 4.09. The first-order valence-corrected chi connectivity index (χ1v) is 5.89. The summed E-state index contributed by atoms with van der Waals surface area (Å²) in [4.78, 5) is 22.3. The van der Waals surface area contributed by atoms with Gasteiger partial charge in [0.2, 0.25) is 0 Å². The average Bonchev–Trinajstić information content (AvgIpc) is 2.89. The number of rotatable bonds is 5. The molecular formula is C11H13N7O3. The maximum absolute atomic E-state index is 12.1. The molecule has 0 bridgehead atoms. The molecule has 0 aliphatic carbocycles. The van der Waals surface area contributed by atoms with Crippen LogP contribution in [-0.4, -0.2) is 25.6 Å². The van der Waals surface area contributed by atoms with Gasteiger partial charge in [0.15, 0.2) is 5.82 Å². The number of nitrogens with zero attached hydrogens (tertiary/aromatic N) is 4. The number of nitrogen functional groups attached to an aromatic ring is 1. The third kappa shape index (κ3) is 3.12. The summed E-state index contributed by atoms with van der Waals surface area (Å²) in [5.41, 5.74) is 2.50. The van der Waals surface area contributed by atoms with Gasteiger partial charge in [0.1, 0.15) is 6.33 Å². The standard InChI is InChI=1S/C11H13N7O3/c1-17-6-14-16-10(17)5-13-11(19)8-4-7(18(20)21)2-3-9(8)15-12/h2-4,6,15H,5,12H2,1H3,(H,13,19). The van der Waals surface area contributed by atoms with Crippen LogP contribution in [0.2, 0.25) is 0 Å². The maximum Gasteiger partial charge on any atom is 0.270 e. The second kappa shape index (κ2) is 5.96. The minimum absolute atomic E-state index is 0.0777. The summed E-state index contributed by atoms with van der Waals surface area (Å²) < 4.78 is 1.65. The van der Waals surface area contributed by atoms with Crippen LogP contribution in [0.1, 0.15) is 16.2 Å². The third-order valence-corrected chi connectivity index (χ3v) is 2.83. The fraction of sp³-hybridized carbons (Fsp3) is 0.182. The number of carbonyl (C=O) groups is 1. The predicted octanol–water partition coefficient (Wildman–Crippen LogP) is -0.0611. The Labute approximate surface area is 119 Å². The van der Waals surface area contributed by atoms with Crippen LogP contribution >= 0.6 is 0 Å². The molecule has 4 N–H and O–H groups in total. The Morgan fingerprint density at radius 1 is 1.52 bits per heavy atom. The molecule has 0 fully saturated rings. The first-order chi connectivity index (χ1) is 10.0. The third-order valence-electron chi connectivity index (χ3n) is 2.83. The zero-order valence-corrected chi connectivity index (χ0v) is 11.1. The van der Waals surface area contributed by atoms with E-state index in [1.807, 2.05) is 0 Å². The molecule has 0 radical (unpaired) electrons. The minimum atomic E-state index is -0.584. The van der Waals surface area contributed by atoms with E-state index in [0.717, 1.165) is 6.07 Å². The van der Waals surface area contributed by atoms with Crippen molar-refractivity contribution in [2.75, 3.05) is 5.43 Å². The van der Waals surface area contributed by atoms with Gasteiger partial charge >= 0.3 is 0 Å². The van der Waals surface area contributed by atoms with E-state index in [-0.39, 0.29) is 23.5 Å². The van der Waals surface area contributed by atoms with Crippen LogP contribution < -0.4 is 16.6 Å². The second-order valence-corrected chi connectivity index (χ2v) is 4.17. The number of nitrogens with one attached hydrogen (secondary N) is 2. The predicted molar refractivity (Wildman–Crippen MR) is 73.1 cm³/mol. The van der Waals surface area contributed by atoms with Gasteiger partial charge in [0, 0.05) is 19.2 Å². The number of carbonyl (C=O) groups excluding carboxylic acids is 1. The quantitative estimate of drug-likeness (QED) is 0.398. The zero-order chi connectivity index (χ0) is 15.4. The van der Waals surface area contributed by atoms with Crippen LogP contribution in [0.5, 0.6) is 0 Å². The SMILES string of the molecule is Cn1cnnc1CNC(=O)c1cc([N+](=O)[O-])ccc1NN. The van der Waals surface area contributed by atoms with E-state index in [1.54, 1.807) is 11.6 Å². The number of hydrogen-bond donors (Lipinski definition) is 3. The summed E-state index contributed by atoms with van der Waals surface area (Å²) in [7, 11) is 1.74. The van der Waals surface area contributed by atoms with Crippen molar-refractivity contribution in [1.29, 1.82) is 0 Å². The smallest absolute Gasteiger partial charge is 0.270 e. The van der Waals surface area contributed by atoms with Crippen LogP contribution in [0.4, 0.5) is 11.4 Å². The molecule has 21 heavy (non-hydrogen) atoms. The molecule has 0 unspecified atom stereocenters. The molecule has 0 saturated heterocycles. The van der Waals surface area contributed by atoms with Crippen molar-refractivity contribution in [3.05, 3.63) is 46.0 Å². The lowest BCUT2D eigenvalue weighted by molar-refractivity contribution is -0.384. The molecule has 1 aromatic carbocycles. The lowest BCUT2D eigenvalue weighted by Gasteiger charge is -2.09. The van der Waals surface area contributed by atoms with Crippen LogP contribution in [0, 0.1) is 10.1 Å². The molecule has 110 valence electrons. The summed E-state index contributed by atoms with van der Waals surface area (Å²) in [6, 6.07) is 3.78. The van der Waals surface area contributed by atoms with E-state index >= 15 is 0 Å². The van der Waals surface area contributed by atoms with Crippen LogP contribution in [-0.2, 0) is 13.6 Å². The van der Waals surface area contributed by atoms with Gasteiger partial charge in [-0.25, -0.2) is 0 Å². The highest BCUT2D eigenvalue weighted by Crippen LogP contribution is 2.21. The van der Waals surface area contributed by atoms with Gasteiger partial charge < -0.3 is 15.3 Å². The van der Waals surface area contributed by atoms with E-state index in [9.17, 15) is 14.9 Å². The van der Waals surface area contributed by atoms with E-state index in [2.05, 4.69) is 20.9 Å². The topological polar surface area (TPSA) is 141 Å². The van der Waals surface area contributed by atoms with Gasteiger partial charge in [-0.1, -0.05) is 0 Å². The fourth-order valence-electron chi connectivity index (χ4n) is 1.68. The molecule has 0 aliphatic rings. The van der Waals surface area contributed by atoms with Gasteiger partial charge in [-0.15, -0.1) is 10.2 Å². The maximum atomic E-state index is 12.1. The van der Waals surface area contributed by atoms with Crippen molar-refractivity contribution in [2.45, 2.75) is 6.54 Å². The van der Waals surface area contributed by atoms with Crippen LogP contribution in [0.25, 0.3) is 0 Å². The lowest BCUT2D eigenvalue weighted by atomic mass is 10.1. The minimum Gasteiger partial charge on any atom is -0.345 e. The monoisotopic (exact) mass is 291 g/mol. The highest BCUT2D eigenvalue weighted by atomic mass is 16.6. The van der Waals surface area contributed by atoms with E-state index in [4.69, 9.17) is 5.84 Å². The molecule has 0 saturated carbocycles. The highest BCUT2D eigenvalue weighted by molar-refractivity contribution is 6.00. The van der Waals surface area contributed by atoms with Crippen molar-refractivity contribution in [3.63, 3.8) is 0 Å². The molecule has 2 rings (SSSR count). The van der Waals surface area contributed by atoms with Gasteiger partial charge in [-0.05, 0) is 6.07 Å². The number of aromatic nitrogens is 3. The van der Waals surface area contributed by atoms with Crippen molar-refractivity contribution in [2.24, 2.45) is 12.9 Å². The first kappa shape index (κ1) is 14.4. The number of anilines is 1. The molecule has 0 aliphatic heterocycles. The van der Waals surface area contributed by atoms with Crippen molar-refractivity contribution in [1.82, 2.24) is 20.1 Å². The number of non-ortho nitro benzene ring substituents is 1. The second-order valence-electron chi connectivity index (χ2n) is 4.17. The number of aryl methyl sites for hydroxylation is 1. The van der Waals surface area contributed by atoms with Gasteiger partial charge in [-0.2, -0.15) is 0 Å². The molecule has 2 aromatic rings. The van der Waals surface area contributed by atoms with E-state index in [0.29, 0.717) is 5.82 Å². The van der Waals surface area contributed by atoms with E-state index < -0.39 is 10.8 Å². The molecular weight excluding hydrogens is 278 g/mol. The fourth-order valence-corrected chi connectivity index (χ4v) is 1.68. The molecule has 0 atom stereocenters. The van der Waals surface area contributed by atoms with Gasteiger partial charge in [0.05, 0.1) is 22.7 Å². The van der Waals surface area contributed by atoms with Crippen LogP contribution in [0.15, 0.2) is 24.5 Å². The summed E-state index contributed by atoms with van der Waals surface area (Å²) in [6.07, 6.45) is 1.50. The van der Waals surface area contributed by atoms with Gasteiger partial charge in [0.25, 0.3) is 11.6 Å². The molecule has 1 aromatic heterocycles. The van der Waals surface area contributed by atoms with Gasteiger partial charge in [-0.3, -0.25) is 20.8 Å². The Morgan fingerprint density at radius 2 is 2.29 bits per heavy atom. The van der Waals surface area contributed by atoms with E-state index in [1.165, 1.54) is 18.5 Å². The summed E-state index contributed by atoms with van der Waals surface area (Å²) in [5, 5.41) is 20.9. The Balaban J connectivity index is 2.19. The number of nitro benzene ring substituents is 1. The number of nitrogens with two attached hydrogens (primary N) is 1. The number of hydrogen-bond acceptors (Lipinski definition) is 7. The number of nitro groups is 1. The first-order valence-electron chi connectivity index (χ1n) is 5.89. The Hall–Kier alpha value is -3.01. The Bertz CT molecular complexity index is 682. The normalized spacial score (nSPS) is 10.2. The highest BCUT2D eigenvalue weighted by Gasteiger charge is 2.16. The summed E-state index contributed by atoms with van der Waals surface area (Å²) >= 11 is 0. The molecule has 1 heterocycles. The molecule has 0 spiro atoms. The molecule has 1 amide bonds. The van der Waals surface area contributed by atoms with Crippen molar-refractivity contribution >= 4 is 17.3 Å². The zero-order valence-electron chi connectivity index (χ0n) is 11.1. The Morgan fingerprint density at radius 3 is 2.86 bits per heavy atom.